The van der Waals surface area contributed by atoms with E-state index in [-0.39, 0.29) is 23.8 Å². The van der Waals surface area contributed by atoms with Gasteiger partial charge in [0.1, 0.15) is 0 Å². The number of ketones is 1. The molecular weight excluding hydrogens is 156 g/mol. The van der Waals surface area contributed by atoms with Crippen LogP contribution in [0.1, 0.15) is 12.8 Å². The van der Waals surface area contributed by atoms with Crippen molar-refractivity contribution in [2.75, 3.05) is 13.6 Å². The maximum absolute atomic E-state index is 11.3. The minimum Gasteiger partial charge on any atom is -0.350 e. The van der Waals surface area contributed by atoms with Crippen molar-refractivity contribution in [1.82, 2.24) is 10.2 Å². The van der Waals surface area contributed by atoms with E-state index in [2.05, 4.69) is 5.32 Å². The lowest BCUT2D eigenvalue weighted by atomic mass is 10.1. The average Bonchev–Trinajstić information content (AvgIpc) is 2.31. The van der Waals surface area contributed by atoms with E-state index in [0.717, 1.165) is 6.42 Å². The molecule has 66 valence electrons. The van der Waals surface area contributed by atoms with Crippen LogP contribution in [0.2, 0.25) is 0 Å². The highest BCUT2D eigenvalue weighted by Gasteiger charge is 2.41. The quantitative estimate of drug-likeness (QED) is 0.512. The Kier molecular flexibility index (Phi) is 1.65. The van der Waals surface area contributed by atoms with Crippen LogP contribution in [0, 0.1) is 0 Å². The lowest BCUT2D eigenvalue weighted by molar-refractivity contribution is -0.130. The minimum atomic E-state index is -0.0531. The Labute approximate surface area is 70.9 Å². The van der Waals surface area contributed by atoms with E-state index in [4.69, 9.17) is 0 Å². The monoisotopic (exact) mass is 168 g/mol. The summed E-state index contributed by atoms with van der Waals surface area (Å²) in [6.07, 6.45) is 1.42. The highest BCUT2D eigenvalue weighted by atomic mass is 16.2. The number of nitrogens with one attached hydrogen (secondary N) is 1. The van der Waals surface area contributed by atoms with Crippen molar-refractivity contribution in [2.45, 2.75) is 24.9 Å². The molecule has 2 aliphatic rings. The van der Waals surface area contributed by atoms with Gasteiger partial charge >= 0.3 is 0 Å². The highest BCUT2D eigenvalue weighted by Crippen LogP contribution is 2.22. The number of amides is 1. The van der Waals surface area contributed by atoms with Crippen LogP contribution >= 0.6 is 0 Å². The molecule has 0 bridgehead atoms. The number of nitrogens with zero attached hydrogens (tertiary/aromatic N) is 1. The number of piperazine rings is 1. The van der Waals surface area contributed by atoms with E-state index < -0.39 is 0 Å². The van der Waals surface area contributed by atoms with Crippen LogP contribution in [0.3, 0.4) is 0 Å². The van der Waals surface area contributed by atoms with Gasteiger partial charge in [-0.3, -0.25) is 14.5 Å². The second kappa shape index (κ2) is 2.55. The zero-order valence-corrected chi connectivity index (χ0v) is 7.04. The molecule has 0 spiro atoms. The topological polar surface area (TPSA) is 49.4 Å². The molecule has 1 saturated heterocycles. The molecule has 2 rings (SSSR count). The van der Waals surface area contributed by atoms with Crippen molar-refractivity contribution in [3.05, 3.63) is 0 Å². The van der Waals surface area contributed by atoms with Crippen LogP contribution in [-0.4, -0.2) is 42.3 Å². The summed E-state index contributed by atoms with van der Waals surface area (Å²) in [6, 6.07) is 0.0199. The van der Waals surface area contributed by atoms with Gasteiger partial charge in [0, 0.05) is 6.42 Å². The molecule has 1 N–H and O–H groups in total. The van der Waals surface area contributed by atoms with E-state index in [1.165, 1.54) is 0 Å². The van der Waals surface area contributed by atoms with Crippen molar-refractivity contribution < 1.29 is 9.59 Å². The molecule has 12 heavy (non-hydrogen) atoms. The van der Waals surface area contributed by atoms with Crippen LogP contribution in [0.25, 0.3) is 0 Å². The highest BCUT2D eigenvalue weighted by molar-refractivity contribution is 5.91. The lowest BCUT2D eigenvalue weighted by Crippen LogP contribution is -2.58. The average molecular weight is 168 g/mol. The number of carbonyl (C=O) groups excluding carboxylic acids is 2. The van der Waals surface area contributed by atoms with Gasteiger partial charge < -0.3 is 5.32 Å². The Morgan fingerprint density at radius 2 is 2.25 bits per heavy atom. The van der Waals surface area contributed by atoms with E-state index in [0.29, 0.717) is 13.0 Å². The number of hydrogen-bond donors (Lipinski definition) is 1. The van der Waals surface area contributed by atoms with Gasteiger partial charge in [0.25, 0.3) is 0 Å². The van der Waals surface area contributed by atoms with Crippen LogP contribution < -0.4 is 5.32 Å². The molecule has 2 atom stereocenters. The summed E-state index contributed by atoms with van der Waals surface area (Å²) in [7, 11) is 1.83. The molecule has 1 saturated carbocycles. The fourth-order valence-corrected chi connectivity index (χ4v) is 2.11. The molecule has 1 aliphatic heterocycles. The Hall–Kier alpha value is -0.900. The maximum Gasteiger partial charge on any atom is 0.234 e. The summed E-state index contributed by atoms with van der Waals surface area (Å²) >= 11 is 0. The summed E-state index contributed by atoms with van der Waals surface area (Å²) in [4.78, 5) is 24.2. The van der Waals surface area contributed by atoms with Crippen molar-refractivity contribution in [3.63, 3.8) is 0 Å². The Morgan fingerprint density at radius 1 is 1.50 bits per heavy atom. The number of hydrogen-bond acceptors (Lipinski definition) is 3. The predicted octanol–water partition coefficient (Wildman–Crippen LogP) is -0.852. The van der Waals surface area contributed by atoms with E-state index in [9.17, 15) is 9.59 Å². The van der Waals surface area contributed by atoms with Crippen LogP contribution in [0.5, 0.6) is 0 Å². The molecule has 2 fully saturated rings. The third-order valence-electron chi connectivity index (χ3n) is 2.63. The molecule has 1 heterocycles. The fraction of sp³-hybridized carbons (Fsp3) is 0.750. The first-order valence-corrected chi connectivity index (χ1v) is 4.21. The van der Waals surface area contributed by atoms with Gasteiger partial charge in [0.2, 0.25) is 5.91 Å². The van der Waals surface area contributed by atoms with Gasteiger partial charge in [-0.1, -0.05) is 0 Å². The fourth-order valence-electron chi connectivity index (χ4n) is 2.11. The molecule has 1 amide bonds. The van der Waals surface area contributed by atoms with Crippen LogP contribution in [0.15, 0.2) is 0 Å². The van der Waals surface area contributed by atoms with Crippen LogP contribution in [0.4, 0.5) is 0 Å². The summed E-state index contributed by atoms with van der Waals surface area (Å²) in [6.45, 7) is 0.354. The molecule has 0 aromatic heterocycles. The second-order valence-corrected chi connectivity index (χ2v) is 3.54. The van der Waals surface area contributed by atoms with Gasteiger partial charge in [-0.25, -0.2) is 0 Å². The first-order valence-electron chi connectivity index (χ1n) is 4.21. The van der Waals surface area contributed by atoms with Gasteiger partial charge in [0.05, 0.1) is 18.6 Å². The molecule has 0 radical (unpaired) electrons. The first-order chi connectivity index (χ1) is 5.68. The van der Waals surface area contributed by atoms with E-state index in [1.54, 1.807) is 0 Å². The van der Waals surface area contributed by atoms with E-state index in [1.807, 2.05) is 11.9 Å². The summed E-state index contributed by atoms with van der Waals surface area (Å²) < 4.78 is 0. The molecule has 0 aromatic rings. The maximum atomic E-state index is 11.3. The zero-order chi connectivity index (χ0) is 8.72. The van der Waals surface area contributed by atoms with E-state index >= 15 is 0 Å². The third-order valence-corrected chi connectivity index (χ3v) is 2.63. The van der Waals surface area contributed by atoms with Crippen molar-refractivity contribution in [3.8, 4) is 0 Å². The predicted molar refractivity (Wildman–Crippen MR) is 42.6 cm³/mol. The normalized spacial score (nSPS) is 36.4. The number of carbonyl (C=O) groups is 2. The summed E-state index contributed by atoms with van der Waals surface area (Å²) in [5.41, 5.74) is 0. The Bertz CT molecular complexity index is 239. The standard InChI is InChI=1S/C8H12N2O2/c1-10-4-7(12)9-5-2-3-6(11)8(5)10/h5,8H,2-4H2,1H3,(H,9,12). The minimum absolute atomic E-state index is 0.0356. The first kappa shape index (κ1) is 7.73. The zero-order valence-electron chi connectivity index (χ0n) is 7.04. The number of likely N-dealkylation sites (N-methyl/N-ethyl adjacent to an activating group) is 1. The van der Waals surface area contributed by atoms with Crippen molar-refractivity contribution >= 4 is 11.7 Å². The summed E-state index contributed by atoms with van der Waals surface area (Å²) in [5.74, 6) is 0.302. The second-order valence-electron chi connectivity index (χ2n) is 3.54. The molecular formula is C8H12N2O2. The number of rotatable bonds is 0. The molecule has 1 aliphatic carbocycles. The van der Waals surface area contributed by atoms with Crippen molar-refractivity contribution in [1.29, 1.82) is 0 Å². The Morgan fingerprint density at radius 3 is 3.00 bits per heavy atom. The summed E-state index contributed by atoms with van der Waals surface area (Å²) in [5, 5.41) is 2.84. The smallest absolute Gasteiger partial charge is 0.234 e. The van der Waals surface area contributed by atoms with Crippen molar-refractivity contribution in [2.24, 2.45) is 0 Å². The lowest BCUT2D eigenvalue weighted by Gasteiger charge is -2.33. The van der Waals surface area contributed by atoms with Crippen LogP contribution in [-0.2, 0) is 9.59 Å². The number of fused-ring (bicyclic) bond motifs is 1. The van der Waals surface area contributed by atoms with Gasteiger partial charge in [-0.15, -0.1) is 0 Å². The number of Topliss-reactive ketones (excluding diaryl/α,β-unsaturated/α-hetero) is 1. The third kappa shape index (κ3) is 1.03. The Balaban J connectivity index is 2.19. The molecule has 2 unspecified atom stereocenters. The van der Waals surface area contributed by atoms with Gasteiger partial charge in [0.15, 0.2) is 5.78 Å². The largest absolute Gasteiger partial charge is 0.350 e. The van der Waals surface area contributed by atoms with Gasteiger partial charge in [-0.2, -0.15) is 0 Å². The molecule has 4 nitrogen and oxygen atoms in total. The SMILES string of the molecule is CN1CC(=O)NC2CCC(=O)C21. The molecule has 0 aromatic carbocycles. The van der Waals surface area contributed by atoms with Gasteiger partial charge in [-0.05, 0) is 13.5 Å². The molecule has 4 heteroatoms.